The van der Waals surface area contributed by atoms with Crippen LogP contribution in [0, 0.1) is 0 Å². The van der Waals surface area contributed by atoms with E-state index in [0.717, 1.165) is 37.9 Å². The molecule has 1 aliphatic heterocycles. The van der Waals surface area contributed by atoms with Gasteiger partial charge in [-0.3, -0.25) is 9.59 Å². The summed E-state index contributed by atoms with van der Waals surface area (Å²) in [4.78, 5) is 26.2. The molecular weight excluding hydrogens is 380 g/mol. The average Bonchev–Trinajstić information content (AvgIpc) is 2.92. The minimum Gasteiger partial charge on any atom is -0.489 e. The molecule has 0 spiro atoms. The monoisotopic (exact) mass is 410 g/mol. The van der Waals surface area contributed by atoms with Gasteiger partial charge >= 0.3 is 0 Å². The van der Waals surface area contributed by atoms with Crippen LogP contribution in [-0.4, -0.2) is 43.0 Å². The fraction of sp³-hybridized carbons (Fsp3) is 0.619. The Balaban J connectivity index is 1.77. The van der Waals surface area contributed by atoms with Gasteiger partial charge in [0, 0.05) is 38.9 Å². The van der Waals surface area contributed by atoms with Crippen LogP contribution in [-0.2, 0) is 16.1 Å². The minimum absolute atomic E-state index is 0.0754. The standard InChI is InChI=1S/C21H31ClN2O4/c1-3-9-24(10-4-2)20(26)8-5-7-19(25)23-15-16-13-17(22)21-18(14-16)27-11-6-12-28-21/h13-14H,3-12,15H2,1-2H3,(H,23,25). The molecule has 156 valence electrons. The number of hydrogen-bond donors (Lipinski definition) is 1. The number of nitrogens with zero attached hydrogens (tertiary/aromatic N) is 1. The van der Waals surface area contributed by atoms with Gasteiger partial charge in [0.15, 0.2) is 11.5 Å². The Labute approximate surface area is 172 Å². The predicted octanol–water partition coefficient (Wildman–Crippen LogP) is 3.94. The lowest BCUT2D eigenvalue weighted by Gasteiger charge is -2.21. The number of nitrogens with one attached hydrogen (secondary N) is 1. The van der Waals surface area contributed by atoms with E-state index in [2.05, 4.69) is 19.2 Å². The van der Waals surface area contributed by atoms with Crippen molar-refractivity contribution >= 4 is 23.4 Å². The quantitative estimate of drug-likeness (QED) is 0.634. The lowest BCUT2D eigenvalue weighted by molar-refractivity contribution is -0.131. The van der Waals surface area contributed by atoms with E-state index in [1.165, 1.54) is 0 Å². The van der Waals surface area contributed by atoms with E-state index in [9.17, 15) is 9.59 Å². The number of fused-ring (bicyclic) bond motifs is 1. The summed E-state index contributed by atoms with van der Waals surface area (Å²) in [5.41, 5.74) is 0.857. The highest BCUT2D eigenvalue weighted by atomic mass is 35.5. The summed E-state index contributed by atoms with van der Waals surface area (Å²) in [6.45, 7) is 7.22. The van der Waals surface area contributed by atoms with Gasteiger partial charge in [-0.05, 0) is 37.0 Å². The second-order valence-electron chi connectivity index (χ2n) is 6.97. The molecule has 28 heavy (non-hydrogen) atoms. The molecule has 1 heterocycles. The van der Waals surface area contributed by atoms with E-state index in [4.69, 9.17) is 21.1 Å². The second kappa shape index (κ2) is 11.8. The first-order chi connectivity index (χ1) is 13.5. The van der Waals surface area contributed by atoms with Crippen LogP contribution < -0.4 is 14.8 Å². The number of carbonyl (C=O) groups is 2. The van der Waals surface area contributed by atoms with E-state index < -0.39 is 0 Å². The lowest BCUT2D eigenvalue weighted by atomic mass is 10.1. The number of benzene rings is 1. The zero-order chi connectivity index (χ0) is 20.4. The Morgan fingerprint density at radius 2 is 1.82 bits per heavy atom. The summed E-state index contributed by atoms with van der Waals surface area (Å²) in [5.74, 6) is 1.24. The second-order valence-corrected chi connectivity index (χ2v) is 7.37. The smallest absolute Gasteiger partial charge is 0.222 e. The molecule has 1 aromatic rings. The van der Waals surface area contributed by atoms with Crippen molar-refractivity contribution in [3.8, 4) is 11.5 Å². The Bertz CT molecular complexity index is 660. The Kier molecular flexibility index (Phi) is 9.41. The topological polar surface area (TPSA) is 67.9 Å². The van der Waals surface area contributed by atoms with Gasteiger partial charge in [0.05, 0.1) is 18.2 Å². The van der Waals surface area contributed by atoms with Gasteiger partial charge in [0.2, 0.25) is 11.8 Å². The molecule has 0 saturated heterocycles. The van der Waals surface area contributed by atoms with Crippen molar-refractivity contribution in [3.63, 3.8) is 0 Å². The van der Waals surface area contributed by atoms with E-state index in [0.29, 0.717) is 55.5 Å². The summed E-state index contributed by atoms with van der Waals surface area (Å²) in [5, 5.41) is 3.37. The molecule has 0 saturated carbocycles. The third kappa shape index (κ3) is 6.89. The molecule has 0 atom stereocenters. The zero-order valence-electron chi connectivity index (χ0n) is 16.9. The Hall–Kier alpha value is -1.95. The summed E-state index contributed by atoms with van der Waals surface area (Å²) < 4.78 is 11.3. The van der Waals surface area contributed by atoms with Crippen LogP contribution in [0.5, 0.6) is 11.5 Å². The van der Waals surface area contributed by atoms with Gasteiger partial charge in [0.25, 0.3) is 0 Å². The molecule has 0 bridgehead atoms. The summed E-state index contributed by atoms with van der Waals surface area (Å²) >= 11 is 6.27. The summed E-state index contributed by atoms with van der Waals surface area (Å²) in [6.07, 6.45) is 3.99. The summed E-state index contributed by atoms with van der Waals surface area (Å²) in [7, 11) is 0. The van der Waals surface area contributed by atoms with Crippen LogP contribution >= 0.6 is 11.6 Å². The Morgan fingerprint density at radius 1 is 1.11 bits per heavy atom. The number of amides is 2. The van der Waals surface area contributed by atoms with Crippen LogP contribution in [0.2, 0.25) is 5.02 Å². The van der Waals surface area contributed by atoms with Crippen LogP contribution in [0.3, 0.4) is 0 Å². The molecule has 0 unspecified atom stereocenters. The molecule has 7 heteroatoms. The minimum atomic E-state index is -0.0754. The number of ether oxygens (including phenoxy) is 2. The third-order valence-corrected chi connectivity index (χ3v) is 4.77. The van der Waals surface area contributed by atoms with Crippen molar-refractivity contribution in [1.82, 2.24) is 10.2 Å². The van der Waals surface area contributed by atoms with Crippen LogP contribution in [0.15, 0.2) is 12.1 Å². The third-order valence-electron chi connectivity index (χ3n) is 4.49. The molecule has 0 aromatic heterocycles. The SMILES string of the molecule is CCCN(CCC)C(=O)CCCC(=O)NCc1cc(Cl)c2c(c1)OCCCO2. The van der Waals surface area contributed by atoms with Gasteiger partial charge in [-0.15, -0.1) is 0 Å². The number of carbonyl (C=O) groups excluding carboxylic acids is 2. The average molecular weight is 411 g/mol. The van der Waals surface area contributed by atoms with Crippen LogP contribution in [0.25, 0.3) is 0 Å². The van der Waals surface area contributed by atoms with Crippen molar-refractivity contribution in [2.24, 2.45) is 0 Å². The molecule has 1 aliphatic rings. The highest BCUT2D eigenvalue weighted by molar-refractivity contribution is 6.32. The van der Waals surface area contributed by atoms with Gasteiger partial charge in [-0.2, -0.15) is 0 Å². The van der Waals surface area contributed by atoms with Crippen molar-refractivity contribution in [1.29, 1.82) is 0 Å². The molecule has 0 aliphatic carbocycles. The summed E-state index contributed by atoms with van der Waals surface area (Å²) in [6, 6.07) is 3.63. The van der Waals surface area contributed by atoms with E-state index in [1.54, 1.807) is 6.07 Å². The van der Waals surface area contributed by atoms with Crippen molar-refractivity contribution in [3.05, 3.63) is 22.7 Å². The van der Waals surface area contributed by atoms with E-state index in [1.807, 2.05) is 11.0 Å². The molecular formula is C21H31ClN2O4. The number of rotatable bonds is 10. The highest BCUT2D eigenvalue weighted by Gasteiger charge is 2.16. The van der Waals surface area contributed by atoms with Crippen molar-refractivity contribution in [2.45, 2.75) is 58.9 Å². The van der Waals surface area contributed by atoms with Crippen molar-refractivity contribution in [2.75, 3.05) is 26.3 Å². The molecule has 2 amide bonds. The van der Waals surface area contributed by atoms with Gasteiger partial charge in [-0.25, -0.2) is 0 Å². The first-order valence-corrected chi connectivity index (χ1v) is 10.5. The maximum atomic E-state index is 12.2. The first-order valence-electron chi connectivity index (χ1n) is 10.2. The maximum absolute atomic E-state index is 12.2. The van der Waals surface area contributed by atoms with Crippen molar-refractivity contribution < 1.29 is 19.1 Å². The molecule has 1 aromatic carbocycles. The van der Waals surface area contributed by atoms with Crippen LogP contribution in [0.1, 0.15) is 57.9 Å². The van der Waals surface area contributed by atoms with Gasteiger partial charge in [0.1, 0.15) is 0 Å². The van der Waals surface area contributed by atoms with Gasteiger partial charge < -0.3 is 19.7 Å². The first kappa shape index (κ1) is 22.3. The van der Waals surface area contributed by atoms with Gasteiger partial charge in [-0.1, -0.05) is 25.4 Å². The molecule has 0 radical (unpaired) electrons. The molecule has 1 N–H and O–H groups in total. The van der Waals surface area contributed by atoms with E-state index in [-0.39, 0.29) is 11.8 Å². The number of halogens is 1. The predicted molar refractivity (Wildman–Crippen MR) is 110 cm³/mol. The zero-order valence-corrected chi connectivity index (χ0v) is 17.6. The molecule has 0 fully saturated rings. The number of hydrogen-bond acceptors (Lipinski definition) is 4. The lowest BCUT2D eigenvalue weighted by Crippen LogP contribution is -2.32. The normalized spacial score (nSPS) is 13.0. The Morgan fingerprint density at radius 3 is 2.54 bits per heavy atom. The van der Waals surface area contributed by atoms with E-state index >= 15 is 0 Å². The van der Waals surface area contributed by atoms with Crippen LogP contribution in [0.4, 0.5) is 0 Å². The maximum Gasteiger partial charge on any atom is 0.222 e. The fourth-order valence-electron chi connectivity index (χ4n) is 3.13. The largest absolute Gasteiger partial charge is 0.489 e. The highest BCUT2D eigenvalue weighted by Crippen LogP contribution is 2.37. The molecule has 6 nitrogen and oxygen atoms in total. The molecule has 2 rings (SSSR count). The fourth-order valence-corrected chi connectivity index (χ4v) is 3.42.